The van der Waals surface area contributed by atoms with Crippen molar-refractivity contribution in [1.29, 1.82) is 0 Å². The van der Waals surface area contributed by atoms with Crippen LogP contribution in [-0.2, 0) is 11.3 Å². The maximum atomic E-state index is 11.4. The van der Waals surface area contributed by atoms with Crippen LogP contribution < -0.4 is 10.6 Å². The van der Waals surface area contributed by atoms with Gasteiger partial charge in [0.25, 0.3) is 0 Å². The van der Waals surface area contributed by atoms with E-state index in [4.69, 9.17) is 0 Å². The van der Waals surface area contributed by atoms with Gasteiger partial charge in [-0.1, -0.05) is 0 Å². The molecule has 0 aliphatic heterocycles. The highest BCUT2D eigenvalue weighted by atomic mass is 79.9. The van der Waals surface area contributed by atoms with Crippen molar-refractivity contribution in [3.8, 4) is 0 Å². The van der Waals surface area contributed by atoms with Crippen LogP contribution >= 0.6 is 27.3 Å². The van der Waals surface area contributed by atoms with Crippen LogP contribution in [0.4, 0.5) is 0 Å². The molecule has 0 radical (unpaired) electrons. The van der Waals surface area contributed by atoms with E-state index in [2.05, 4.69) is 26.6 Å². The number of amides is 1. The van der Waals surface area contributed by atoms with Gasteiger partial charge < -0.3 is 10.6 Å². The van der Waals surface area contributed by atoms with Crippen LogP contribution in [0.2, 0.25) is 0 Å². The first-order chi connectivity index (χ1) is 7.74. The van der Waals surface area contributed by atoms with E-state index in [0.717, 1.165) is 16.2 Å². The van der Waals surface area contributed by atoms with E-state index in [1.165, 1.54) is 17.7 Å². The summed E-state index contributed by atoms with van der Waals surface area (Å²) in [5.74, 6) is 0.895. The summed E-state index contributed by atoms with van der Waals surface area (Å²) in [4.78, 5) is 12.6. The molecule has 0 unspecified atom stereocenters. The van der Waals surface area contributed by atoms with Crippen LogP contribution in [0.3, 0.4) is 0 Å². The molecule has 0 spiro atoms. The van der Waals surface area contributed by atoms with E-state index >= 15 is 0 Å². The predicted octanol–water partition coefficient (Wildman–Crippen LogP) is 2.13. The molecule has 88 valence electrons. The van der Waals surface area contributed by atoms with Gasteiger partial charge in [0.1, 0.15) is 0 Å². The lowest BCUT2D eigenvalue weighted by atomic mass is 10.4. The standard InChI is InChI=1S/C11H15BrN2OS/c12-10-4-3-9(16-10)6-14-11(15)7-13-5-8-1-2-8/h3-4,8,13H,1-2,5-7H2,(H,14,15). The molecule has 1 aromatic heterocycles. The summed E-state index contributed by atoms with van der Waals surface area (Å²) in [5.41, 5.74) is 0. The highest BCUT2D eigenvalue weighted by Gasteiger charge is 2.20. The molecule has 16 heavy (non-hydrogen) atoms. The molecule has 3 nitrogen and oxygen atoms in total. The molecule has 0 saturated heterocycles. The van der Waals surface area contributed by atoms with Gasteiger partial charge in [0, 0.05) is 4.88 Å². The third-order valence-corrected chi connectivity index (χ3v) is 4.13. The normalized spacial score (nSPS) is 15.1. The van der Waals surface area contributed by atoms with Crippen molar-refractivity contribution in [2.24, 2.45) is 5.92 Å². The van der Waals surface area contributed by atoms with Gasteiger partial charge in [0.15, 0.2) is 0 Å². The molecule has 1 saturated carbocycles. The highest BCUT2D eigenvalue weighted by Crippen LogP contribution is 2.27. The van der Waals surface area contributed by atoms with Crippen molar-refractivity contribution in [1.82, 2.24) is 10.6 Å². The largest absolute Gasteiger partial charge is 0.350 e. The number of carbonyl (C=O) groups is 1. The summed E-state index contributed by atoms with van der Waals surface area (Å²) in [6.45, 7) is 2.04. The molecule has 1 aromatic rings. The van der Waals surface area contributed by atoms with Crippen LogP contribution in [0.15, 0.2) is 15.9 Å². The fourth-order valence-corrected chi connectivity index (χ4v) is 2.83. The average molecular weight is 303 g/mol. The lowest BCUT2D eigenvalue weighted by Gasteiger charge is -2.04. The van der Waals surface area contributed by atoms with Gasteiger partial charge in [0.2, 0.25) is 5.91 Å². The zero-order chi connectivity index (χ0) is 11.4. The summed E-state index contributed by atoms with van der Waals surface area (Å²) in [5, 5.41) is 6.07. The minimum Gasteiger partial charge on any atom is -0.350 e. The van der Waals surface area contributed by atoms with E-state index in [9.17, 15) is 4.79 Å². The number of carbonyl (C=O) groups excluding carboxylic acids is 1. The maximum Gasteiger partial charge on any atom is 0.234 e. The molecule has 0 aromatic carbocycles. The first-order valence-corrected chi connectivity index (χ1v) is 7.06. The van der Waals surface area contributed by atoms with Crippen LogP contribution in [0.25, 0.3) is 0 Å². The zero-order valence-corrected chi connectivity index (χ0v) is 11.4. The Bertz CT molecular complexity index is 363. The van der Waals surface area contributed by atoms with Gasteiger partial charge in [0.05, 0.1) is 16.9 Å². The second-order valence-electron chi connectivity index (χ2n) is 4.06. The summed E-state index contributed by atoms with van der Waals surface area (Å²) in [6, 6.07) is 4.02. The van der Waals surface area contributed by atoms with Gasteiger partial charge in [-0.25, -0.2) is 0 Å². The molecule has 2 rings (SSSR count). The molecule has 5 heteroatoms. The lowest BCUT2D eigenvalue weighted by molar-refractivity contribution is -0.120. The quantitative estimate of drug-likeness (QED) is 0.845. The third kappa shape index (κ3) is 4.23. The minimum atomic E-state index is 0.0742. The van der Waals surface area contributed by atoms with E-state index < -0.39 is 0 Å². The fraction of sp³-hybridized carbons (Fsp3) is 0.545. The molecule has 1 amide bonds. The van der Waals surface area contributed by atoms with E-state index in [1.807, 2.05) is 12.1 Å². The van der Waals surface area contributed by atoms with Gasteiger partial charge in [-0.05, 0) is 53.4 Å². The van der Waals surface area contributed by atoms with Crippen LogP contribution in [0.5, 0.6) is 0 Å². The number of thiophene rings is 1. The molecule has 0 atom stereocenters. The molecule has 1 aliphatic rings. The Kier molecular flexibility index (Phi) is 4.37. The molecule has 0 bridgehead atoms. The van der Waals surface area contributed by atoms with Crippen LogP contribution in [-0.4, -0.2) is 19.0 Å². The Morgan fingerprint density at radius 2 is 2.31 bits per heavy atom. The fourth-order valence-electron chi connectivity index (χ4n) is 1.41. The van der Waals surface area contributed by atoms with Gasteiger partial charge in [-0.3, -0.25) is 4.79 Å². The predicted molar refractivity (Wildman–Crippen MR) is 69.5 cm³/mol. The number of hydrogen-bond acceptors (Lipinski definition) is 3. The number of halogens is 1. The second-order valence-corrected chi connectivity index (χ2v) is 6.60. The maximum absolute atomic E-state index is 11.4. The summed E-state index contributed by atoms with van der Waals surface area (Å²) < 4.78 is 1.10. The first kappa shape index (κ1) is 12.1. The Morgan fingerprint density at radius 1 is 1.50 bits per heavy atom. The van der Waals surface area contributed by atoms with Crippen molar-refractivity contribution < 1.29 is 4.79 Å². The van der Waals surface area contributed by atoms with Crippen molar-refractivity contribution in [3.63, 3.8) is 0 Å². The lowest BCUT2D eigenvalue weighted by Crippen LogP contribution is -2.34. The molecule has 1 heterocycles. The van der Waals surface area contributed by atoms with E-state index in [1.54, 1.807) is 11.3 Å². The minimum absolute atomic E-state index is 0.0742. The summed E-state index contributed by atoms with van der Waals surface area (Å²) >= 11 is 5.05. The molecular weight excluding hydrogens is 288 g/mol. The highest BCUT2D eigenvalue weighted by molar-refractivity contribution is 9.11. The van der Waals surface area contributed by atoms with Crippen LogP contribution in [0.1, 0.15) is 17.7 Å². The van der Waals surface area contributed by atoms with Gasteiger partial charge in [-0.2, -0.15) is 0 Å². The zero-order valence-electron chi connectivity index (χ0n) is 8.96. The number of nitrogens with one attached hydrogen (secondary N) is 2. The average Bonchev–Trinajstić information content (AvgIpc) is 2.98. The number of rotatable bonds is 6. The molecule has 1 aliphatic carbocycles. The third-order valence-electron chi connectivity index (χ3n) is 2.50. The molecular formula is C11H15BrN2OS. The first-order valence-electron chi connectivity index (χ1n) is 5.45. The number of hydrogen-bond donors (Lipinski definition) is 2. The van der Waals surface area contributed by atoms with Crippen molar-refractivity contribution in [2.75, 3.05) is 13.1 Å². The molecule has 1 fully saturated rings. The van der Waals surface area contributed by atoms with Crippen molar-refractivity contribution in [3.05, 3.63) is 20.8 Å². The Hall–Kier alpha value is -0.390. The Balaban J connectivity index is 1.59. The molecule has 2 N–H and O–H groups in total. The SMILES string of the molecule is O=C(CNCC1CC1)NCc1ccc(Br)s1. The van der Waals surface area contributed by atoms with Crippen LogP contribution in [0, 0.1) is 5.92 Å². The Morgan fingerprint density at radius 3 is 2.94 bits per heavy atom. The summed E-state index contributed by atoms with van der Waals surface area (Å²) in [7, 11) is 0. The monoisotopic (exact) mass is 302 g/mol. The second kappa shape index (κ2) is 5.80. The van der Waals surface area contributed by atoms with Crippen molar-refractivity contribution >= 4 is 33.2 Å². The topological polar surface area (TPSA) is 41.1 Å². The van der Waals surface area contributed by atoms with Gasteiger partial charge >= 0.3 is 0 Å². The van der Waals surface area contributed by atoms with E-state index in [0.29, 0.717) is 13.1 Å². The van der Waals surface area contributed by atoms with Crippen molar-refractivity contribution in [2.45, 2.75) is 19.4 Å². The van der Waals surface area contributed by atoms with E-state index in [-0.39, 0.29) is 5.91 Å². The smallest absolute Gasteiger partial charge is 0.234 e. The summed E-state index contributed by atoms with van der Waals surface area (Å²) in [6.07, 6.45) is 2.63. The Labute approximate surface area is 108 Å². The van der Waals surface area contributed by atoms with Gasteiger partial charge in [-0.15, -0.1) is 11.3 Å².